The average molecular weight is 543 g/mol. The predicted molar refractivity (Wildman–Crippen MR) is 138 cm³/mol. The molecule has 5 rings (SSSR count). The predicted octanol–water partition coefficient (Wildman–Crippen LogP) is 3.67. The van der Waals surface area contributed by atoms with Gasteiger partial charge in [-0.1, -0.05) is 28.9 Å². The maximum atomic E-state index is 13.2. The van der Waals surface area contributed by atoms with Crippen LogP contribution in [0.4, 0.5) is 0 Å². The minimum atomic E-state index is -3.38. The Balaban J connectivity index is 1.49. The summed E-state index contributed by atoms with van der Waals surface area (Å²) in [6.45, 7) is 5.26. The van der Waals surface area contributed by atoms with Crippen LogP contribution in [0.3, 0.4) is 0 Å². The van der Waals surface area contributed by atoms with E-state index in [9.17, 15) is 13.2 Å². The molecule has 1 fully saturated rings. The highest BCUT2D eigenvalue weighted by Gasteiger charge is 2.49. The van der Waals surface area contributed by atoms with Gasteiger partial charge in [0.15, 0.2) is 21.3 Å². The Kier molecular flexibility index (Phi) is 6.37. The topological polar surface area (TPSA) is 129 Å². The van der Waals surface area contributed by atoms with Crippen molar-refractivity contribution >= 4 is 33.0 Å². The zero-order chi connectivity index (χ0) is 26.5. The van der Waals surface area contributed by atoms with Crippen molar-refractivity contribution in [3.05, 3.63) is 70.0 Å². The minimum Gasteiger partial charge on any atom is -0.448 e. The number of nitrogens with zero attached hydrogens (tertiary/aromatic N) is 3. The van der Waals surface area contributed by atoms with Gasteiger partial charge in [0, 0.05) is 23.4 Å². The van der Waals surface area contributed by atoms with E-state index in [0.717, 1.165) is 24.8 Å². The molecule has 9 nitrogen and oxygen atoms in total. The van der Waals surface area contributed by atoms with Gasteiger partial charge in [-0.2, -0.15) is 4.98 Å². The van der Waals surface area contributed by atoms with Gasteiger partial charge in [0.2, 0.25) is 5.89 Å². The molecule has 0 radical (unpaired) electrons. The molecule has 194 valence electrons. The molecule has 2 aromatic carbocycles. The number of likely N-dealkylation sites (tertiary alicyclic amines) is 1. The molecule has 1 aromatic heterocycles. The summed E-state index contributed by atoms with van der Waals surface area (Å²) < 4.78 is 35.3. The van der Waals surface area contributed by atoms with Gasteiger partial charge in [0.25, 0.3) is 0 Å². The lowest BCUT2D eigenvalue weighted by Gasteiger charge is -2.39. The summed E-state index contributed by atoms with van der Waals surface area (Å²) in [6, 6.07) is 10.1. The molecular formula is C26H27ClN4O5S. The zero-order valence-electron chi connectivity index (χ0n) is 20.7. The molecule has 11 heteroatoms. The van der Waals surface area contributed by atoms with Crippen LogP contribution in [0, 0.1) is 13.8 Å². The van der Waals surface area contributed by atoms with Crippen molar-refractivity contribution in [1.29, 1.82) is 0 Å². The smallest absolute Gasteiger partial charge is 0.341 e. The molecule has 2 aliphatic rings. The number of carbonyl (C=O) groups excluding carboxylic acids is 1. The number of sulfone groups is 1. The van der Waals surface area contributed by atoms with Crippen LogP contribution >= 0.6 is 11.6 Å². The first-order valence-corrected chi connectivity index (χ1v) is 14.1. The lowest BCUT2D eigenvalue weighted by atomic mass is 9.86. The van der Waals surface area contributed by atoms with E-state index in [2.05, 4.69) is 15.0 Å². The van der Waals surface area contributed by atoms with Crippen LogP contribution in [0.5, 0.6) is 0 Å². The van der Waals surface area contributed by atoms with Crippen LogP contribution in [0.25, 0.3) is 16.7 Å². The van der Waals surface area contributed by atoms with Gasteiger partial charge in [0.05, 0.1) is 22.7 Å². The van der Waals surface area contributed by atoms with E-state index in [-0.39, 0.29) is 4.90 Å². The maximum absolute atomic E-state index is 13.2. The molecule has 0 bridgehead atoms. The van der Waals surface area contributed by atoms with Crippen LogP contribution in [-0.4, -0.2) is 54.4 Å². The number of esters is 1. The Hall–Kier alpha value is -3.21. The summed E-state index contributed by atoms with van der Waals surface area (Å²) in [7, 11) is -3.38. The first kappa shape index (κ1) is 25.4. The fourth-order valence-electron chi connectivity index (χ4n) is 5.08. The Morgan fingerprint density at radius 3 is 2.68 bits per heavy atom. The molecule has 1 saturated heterocycles. The van der Waals surface area contributed by atoms with Gasteiger partial charge in [0.1, 0.15) is 0 Å². The van der Waals surface area contributed by atoms with Gasteiger partial charge < -0.3 is 15.0 Å². The van der Waals surface area contributed by atoms with E-state index < -0.39 is 21.4 Å². The number of nitrogens with two attached hydrogens (primary N) is 1. The number of rotatable bonds is 5. The van der Waals surface area contributed by atoms with Gasteiger partial charge in [-0.15, -0.1) is 0 Å². The quantitative estimate of drug-likeness (QED) is 0.480. The summed E-state index contributed by atoms with van der Waals surface area (Å²) in [4.78, 5) is 19.7. The third kappa shape index (κ3) is 4.76. The first-order chi connectivity index (χ1) is 17.5. The highest BCUT2D eigenvalue weighted by atomic mass is 35.5. The number of carbonyl (C=O) groups is 1. The Bertz CT molecular complexity index is 1550. The lowest BCUT2D eigenvalue weighted by Crippen LogP contribution is -2.50. The third-order valence-corrected chi connectivity index (χ3v) is 8.29. The molecule has 0 amide bonds. The summed E-state index contributed by atoms with van der Waals surface area (Å²) in [5, 5.41) is 4.21. The van der Waals surface area contributed by atoms with Crippen molar-refractivity contribution in [3.8, 4) is 11.1 Å². The lowest BCUT2D eigenvalue weighted by molar-refractivity contribution is -0.149. The van der Waals surface area contributed by atoms with Crippen molar-refractivity contribution in [2.75, 3.05) is 19.3 Å². The van der Waals surface area contributed by atoms with E-state index >= 15 is 0 Å². The molecule has 1 unspecified atom stereocenters. The summed E-state index contributed by atoms with van der Waals surface area (Å²) >= 11 is 6.67. The molecule has 2 aliphatic heterocycles. The maximum Gasteiger partial charge on any atom is 0.341 e. The number of benzene rings is 2. The monoisotopic (exact) mass is 542 g/mol. The normalized spacial score (nSPS) is 20.6. The van der Waals surface area contributed by atoms with Crippen molar-refractivity contribution in [2.45, 2.75) is 43.7 Å². The van der Waals surface area contributed by atoms with Crippen molar-refractivity contribution < 1.29 is 22.5 Å². The molecule has 0 aliphatic carbocycles. The standard InChI is InChI=1S/C26H27ClN4O5S/c1-15-10-20(17-6-4-7-18(11-17)37(3,33)34)21(27)12-19(15)23-24(28)26(35-25(23)32)8-5-9-31(14-26)13-22-29-16(2)30-36-22/h4,6-7,10-12H,5,8-9,13-14,28H2,1-3H3. The van der Waals surface area contributed by atoms with Gasteiger partial charge in [-0.3, -0.25) is 4.90 Å². The number of aromatic nitrogens is 2. The molecule has 1 spiro atoms. The van der Waals surface area contributed by atoms with Crippen LogP contribution in [0.1, 0.15) is 35.7 Å². The molecule has 0 saturated carbocycles. The second-order valence-corrected chi connectivity index (χ2v) is 12.1. The Morgan fingerprint density at radius 1 is 1.19 bits per heavy atom. The highest BCUT2D eigenvalue weighted by Crippen LogP contribution is 2.43. The number of halogens is 1. The van der Waals surface area contributed by atoms with E-state index in [1.807, 2.05) is 13.0 Å². The second-order valence-electron chi connectivity index (χ2n) is 9.67. The zero-order valence-corrected chi connectivity index (χ0v) is 22.3. The fourth-order valence-corrected chi connectivity index (χ4v) is 6.02. The number of ether oxygens (including phenoxy) is 1. The van der Waals surface area contributed by atoms with Crippen molar-refractivity contribution in [1.82, 2.24) is 15.0 Å². The summed E-state index contributed by atoms with van der Waals surface area (Å²) in [6.07, 6.45) is 2.55. The van der Waals surface area contributed by atoms with Gasteiger partial charge in [-0.25, -0.2) is 13.2 Å². The largest absolute Gasteiger partial charge is 0.448 e. The molecule has 3 heterocycles. The van der Waals surface area contributed by atoms with Gasteiger partial charge >= 0.3 is 5.97 Å². The molecule has 3 aromatic rings. The van der Waals surface area contributed by atoms with Crippen LogP contribution in [0.2, 0.25) is 5.02 Å². The Morgan fingerprint density at radius 2 is 1.97 bits per heavy atom. The Labute approximate surface area is 220 Å². The van der Waals surface area contributed by atoms with E-state index in [1.165, 1.54) is 0 Å². The summed E-state index contributed by atoms with van der Waals surface area (Å²) in [5.74, 6) is 0.577. The second kappa shape index (κ2) is 9.27. The van der Waals surface area contributed by atoms with E-state index in [4.69, 9.17) is 26.6 Å². The van der Waals surface area contributed by atoms with Crippen LogP contribution in [0.15, 0.2) is 51.5 Å². The number of piperidine rings is 1. The van der Waals surface area contributed by atoms with E-state index in [0.29, 0.717) is 64.2 Å². The third-order valence-electron chi connectivity index (χ3n) is 6.87. The van der Waals surface area contributed by atoms with Crippen LogP contribution in [-0.2, 0) is 25.9 Å². The molecule has 2 N–H and O–H groups in total. The molecular weight excluding hydrogens is 516 g/mol. The fraction of sp³-hybridized carbons (Fsp3) is 0.346. The molecule has 1 atom stereocenters. The van der Waals surface area contributed by atoms with Gasteiger partial charge in [-0.05, 0) is 74.2 Å². The number of hydrogen-bond acceptors (Lipinski definition) is 9. The highest BCUT2D eigenvalue weighted by molar-refractivity contribution is 7.90. The number of aryl methyl sites for hydroxylation is 2. The van der Waals surface area contributed by atoms with E-state index in [1.54, 1.807) is 37.3 Å². The van der Waals surface area contributed by atoms with Crippen LogP contribution < -0.4 is 5.73 Å². The number of hydrogen-bond donors (Lipinski definition) is 1. The van der Waals surface area contributed by atoms with Crippen molar-refractivity contribution in [3.63, 3.8) is 0 Å². The first-order valence-electron chi connectivity index (χ1n) is 11.8. The SMILES string of the molecule is Cc1noc(CN2CCCC3(C2)OC(=O)C(c2cc(Cl)c(-c4cccc(S(C)(=O)=O)c4)cc2C)=C3N)n1. The average Bonchev–Trinajstić information content (AvgIpc) is 3.34. The molecule has 37 heavy (non-hydrogen) atoms. The summed E-state index contributed by atoms with van der Waals surface area (Å²) in [5.41, 5.74) is 9.09. The minimum absolute atomic E-state index is 0.202. The van der Waals surface area contributed by atoms with Crippen molar-refractivity contribution in [2.24, 2.45) is 5.73 Å².